The van der Waals surface area contributed by atoms with E-state index in [0.29, 0.717) is 0 Å². The van der Waals surface area contributed by atoms with Crippen molar-refractivity contribution >= 4 is 51.5 Å². The van der Waals surface area contributed by atoms with Gasteiger partial charge in [-0.2, -0.15) is 35.5 Å². The predicted octanol–water partition coefficient (Wildman–Crippen LogP) is 3.32. The molecule has 4 heteroatoms. The van der Waals surface area contributed by atoms with Crippen LogP contribution in [0.3, 0.4) is 0 Å². The predicted molar refractivity (Wildman–Crippen MR) is 187 cm³/mol. The molecule has 0 aromatic heterocycles. The second-order valence-electron chi connectivity index (χ2n) is 10.6. The number of rotatable bonds is 4. The standard InChI is InChI=1S/2C15H11.C12H10Ge.2ClH.Zr/c2*1-2-6-12(5-1)15-10-9-13-7-3-4-8-14(13)11-15;1-3-7-11(8-4-1)13-12-9-5-2-6-10-12;;;/h2*1,3-5,7-11H,2H2;1-10H;2*1H;/q2*-1;;;;+2/p-2. The van der Waals surface area contributed by atoms with Gasteiger partial charge >= 0.3 is 101 Å². The first kappa shape index (κ1) is 35.7. The fourth-order valence-corrected chi connectivity index (χ4v) is 12.5. The minimum atomic E-state index is -1.11. The summed E-state index contributed by atoms with van der Waals surface area (Å²) in [5.41, 5.74) is 4.98. The van der Waals surface area contributed by atoms with Crippen molar-refractivity contribution in [2.24, 2.45) is 0 Å². The molecule has 0 aliphatic heterocycles. The van der Waals surface area contributed by atoms with Crippen LogP contribution in [0.1, 0.15) is 24.0 Å². The molecule has 0 N–H and O–H groups in total. The maximum absolute atomic E-state index is 3.34. The molecule has 224 valence electrons. The van der Waals surface area contributed by atoms with Gasteiger partial charge in [-0.25, -0.2) is 0 Å². The minimum absolute atomic E-state index is 0. The maximum atomic E-state index is 3.34. The Hall–Kier alpha value is -3.19. The van der Waals surface area contributed by atoms with E-state index in [-0.39, 0.29) is 24.8 Å². The van der Waals surface area contributed by atoms with Gasteiger partial charge in [-0.1, -0.05) is 73.5 Å². The van der Waals surface area contributed by atoms with Gasteiger partial charge in [0.05, 0.1) is 0 Å². The van der Waals surface area contributed by atoms with Crippen LogP contribution in [0.2, 0.25) is 0 Å². The van der Waals surface area contributed by atoms with E-state index in [0.717, 1.165) is 12.8 Å². The Morgan fingerprint density at radius 1 is 0.435 bits per heavy atom. The molecule has 8 rings (SSSR count). The number of halogens is 2. The van der Waals surface area contributed by atoms with Crippen molar-refractivity contribution in [2.75, 3.05) is 0 Å². The van der Waals surface area contributed by atoms with Gasteiger partial charge in [0, 0.05) is 0 Å². The zero-order chi connectivity index (χ0) is 30.0. The van der Waals surface area contributed by atoms with Gasteiger partial charge in [0.1, 0.15) is 0 Å². The van der Waals surface area contributed by atoms with Gasteiger partial charge in [-0.3, -0.25) is 0 Å². The molecule has 0 fully saturated rings. The van der Waals surface area contributed by atoms with Gasteiger partial charge in [0.25, 0.3) is 0 Å². The van der Waals surface area contributed by atoms with Gasteiger partial charge in [-0.15, -0.1) is 47.5 Å². The SMILES string of the molecule is [C-]1=C(c2ccc3ccccc3c2)C=CC1.[C-]1=C(c2ccc3ccccc3c2)C=CC1.[Cl-].[Cl-].[Zr+2]=[Ge]([c]1ccccc1)[c]1ccccc1. The zero-order valence-corrected chi connectivity index (χ0v) is 31.4. The Morgan fingerprint density at radius 2 is 0.804 bits per heavy atom. The van der Waals surface area contributed by atoms with Crippen molar-refractivity contribution < 1.29 is 46.4 Å². The fourth-order valence-electron chi connectivity index (χ4n) is 5.30. The normalized spacial score (nSPS) is 12.5. The van der Waals surface area contributed by atoms with Crippen LogP contribution in [-0.2, 0) is 21.6 Å². The Balaban J connectivity index is 0.000000153. The second kappa shape index (κ2) is 18.2. The van der Waals surface area contributed by atoms with Gasteiger partial charge in [0.2, 0.25) is 0 Å². The van der Waals surface area contributed by atoms with Crippen LogP contribution >= 0.6 is 0 Å². The van der Waals surface area contributed by atoms with E-state index in [1.165, 1.54) is 43.8 Å². The Morgan fingerprint density at radius 3 is 1.17 bits per heavy atom. The Labute approximate surface area is 301 Å². The first-order valence-corrected chi connectivity index (χ1v) is 24.5. The molecule has 0 unspecified atom stereocenters. The quantitative estimate of drug-likeness (QED) is 0.191. The summed E-state index contributed by atoms with van der Waals surface area (Å²) in [5.74, 6) is 0. The average molecular weight is 771 g/mol. The van der Waals surface area contributed by atoms with Crippen LogP contribution in [0.25, 0.3) is 32.7 Å². The topological polar surface area (TPSA) is 0 Å². The van der Waals surface area contributed by atoms with E-state index < -0.39 is 9.98 Å². The molecule has 0 saturated heterocycles. The zero-order valence-electron chi connectivity index (χ0n) is 25.3. The molecule has 0 amide bonds. The summed E-state index contributed by atoms with van der Waals surface area (Å²) < 4.78 is 3.16. The fraction of sp³-hybridized carbons (Fsp3) is 0.0476. The molecule has 2 aliphatic carbocycles. The molecule has 46 heavy (non-hydrogen) atoms. The molecule has 0 heterocycles. The van der Waals surface area contributed by atoms with Crippen LogP contribution in [0.15, 0.2) is 170 Å². The molecular formula is C42H32Cl2GeZr-2. The summed E-state index contributed by atoms with van der Waals surface area (Å²) >= 11 is 1.71. The van der Waals surface area contributed by atoms with Crippen molar-refractivity contribution in [1.29, 1.82) is 0 Å². The monoisotopic (exact) mass is 770 g/mol. The van der Waals surface area contributed by atoms with Crippen molar-refractivity contribution in [2.45, 2.75) is 12.8 Å². The van der Waals surface area contributed by atoms with Crippen LogP contribution < -0.4 is 33.6 Å². The third kappa shape index (κ3) is 9.43. The molecule has 2 aliphatic rings. The molecule has 0 atom stereocenters. The summed E-state index contributed by atoms with van der Waals surface area (Å²) in [6, 6.07) is 51.9. The molecule has 0 spiro atoms. The molecule has 6 aromatic carbocycles. The van der Waals surface area contributed by atoms with Gasteiger partial charge in [-0.05, 0) is 21.5 Å². The first-order chi connectivity index (χ1) is 21.7. The van der Waals surface area contributed by atoms with E-state index in [1.807, 2.05) is 0 Å². The molecule has 0 radical (unpaired) electrons. The van der Waals surface area contributed by atoms with Crippen LogP contribution in [0, 0.1) is 12.2 Å². The first-order valence-electron chi connectivity index (χ1n) is 15.0. The summed E-state index contributed by atoms with van der Waals surface area (Å²) in [7, 11) is -1.11. The van der Waals surface area contributed by atoms with E-state index in [4.69, 9.17) is 0 Å². The summed E-state index contributed by atoms with van der Waals surface area (Å²) in [5, 5.41) is 5.18. The van der Waals surface area contributed by atoms with Crippen LogP contribution in [0.4, 0.5) is 0 Å². The molecule has 0 bridgehead atoms. The third-order valence-corrected chi connectivity index (χ3v) is 18.8. The molecule has 0 nitrogen and oxygen atoms in total. The van der Waals surface area contributed by atoms with Crippen molar-refractivity contribution in [3.8, 4) is 0 Å². The number of benzene rings is 6. The van der Waals surface area contributed by atoms with Crippen LogP contribution in [-0.4, -0.2) is 9.98 Å². The molecular weight excluding hydrogens is 739 g/mol. The van der Waals surface area contributed by atoms with E-state index >= 15 is 0 Å². The molecule has 0 saturated carbocycles. The van der Waals surface area contributed by atoms with Gasteiger partial charge in [0.15, 0.2) is 0 Å². The van der Waals surface area contributed by atoms with Crippen molar-refractivity contribution in [3.05, 3.63) is 193 Å². The number of hydrogen-bond acceptors (Lipinski definition) is 0. The summed E-state index contributed by atoms with van der Waals surface area (Å²) in [4.78, 5) is 0. The van der Waals surface area contributed by atoms with Crippen molar-refractivity contribution in [3.63, 3.8) is 0 Å². The third-order valence-electron chi connectivity index (χ3n) is 7.64. The number of hydrogen-bond donors (Lipinski definition) is 0. The summed E-state index contributed by atoms with van der Waals surface area (Å²) in [6.45, 7) is 0. The molecule has 6 aromatic rings. The van der Waals surface area contributed by atoms with E-state index in [9.17, 15) is 0 Å². The van der Waals surface area contributed by atoms with Gasteiger partial charge < -0.3 is 24.8 Å². The number of allylic oxidation sites excluding steroid dienone is 8. The van der Waals surface area contributed by atoms with Crippen LogP contribution in [0.5, 0.6) is 0 Å². The van der Waals surface area contributed by atoms with Crippen molar-refractivity contribution in [1.82, 2.24) is 0 Å². The number of fused-ring (bicyclic) bond motifs is 2. The second-order valence-corrected chi connectivity index (χ2v) is 21.0. The Kier molecular flexibility index (Phi) is 14.1. The summed E-state index contributed by atoms with van der Waals surface area (Å²) in [6.07, 6.45) is 17.2. The average Bonchev–Trinajstić information content (AvgIpc) is 3.85. The Bertz CT molecular complexity index is 1880. The van der Waals surface area contributed by atoms with E-state index in [2.05, 4.69) is 182 Å². The van der Waals surface area contributed by atoms with E-state index in [1.54, 1.807) is 30.4 Å².